The van der Waals surface area contributed by atoms with Crippen LogP contribution in [0.1, 0.15) is 0 Å². The number of halogens is 2. The van der Waals surface area contributed by atoms with E-state index in [1.165, 1.54) is 12.1 Å². The summed E-state index contributed by atoms with van der Waals surface area (Å²) in [6, 6.07) is 16.1. The van der Waals surface area contributed by atoms with Crippen molar-refractivity contribution in [2.75, 3.05) is 62.0 Å². The second-order valence-corrected chi connectivity index (χ2v) is 9.42. The number of nitrogens with one attached hydrogen (secondary N) is 2. The van der Waals surface area contributed by atoms with Crippen molar-refractivity contribution in [3.8, 4) is 11.1 Å². The molecule has 206 valence electrons. The largest absolute Gasteiger partial charge is 0.383 e. The van der Waals surface area contributed by atoms with Crippen molar-refractivity contribution in [3.05, 3.63) is 85.1 Å². The topological polar surface area (TPSA) is 82.6 Å². The zero-order valence-electron chi connectivity index (χ0n) is 22.2. The normalized spacial score (nSPS) is 13.8. The molecule has 4 aromatic rings. The number of carbonyl (C=O) groups is 1. The van der Waals surface area contributed by atoms with Crippen LogP contribution in [0.5, 0.6) is 0 Å². The third-order valence-corrected chi connectivity index (χ3v) is 6.87. The summed E-state index contributed by atoms with van der Waals surface area (Å²) in [6.45, 7) is 7.64. The van der Waals surface area contributed by atoms with Crippen molar-refractivity contribution in [2.24, 2.45) is 0 Å². The molecule has 8 nitrogen and oxygen atoms in total. The van der Waals surface area contributed by atoms with Gasteiger partial charge in [-0.25, -0.2) is 18.7 Å². The lowest BCUT2D eigenvalue weighted by atomic mass is 10.0. The molecule has 0 aliphatic carbocycles. The Hall–Kier alpha value is -4.41. The van der Waals surface area contributed by atoms with Gasteiger partial charge in [0, 0.05) is 62.7 Å². The zero-order chi connectivity index (χ0) is 28.1. The molecule has 1 aliphatic heterocycles. The molecule has 5 rings (SSSR count). The number of para-hydroxylation sites is 1. The zero-order valence-corrected chi connectivity index (χ0v) is 22.2. The Kier molecular flexibility index (Phi) is 8.28. The summed E-state index contributed by atoms with van der Waals surface area (Å²) in [5, 5.41) is 6.37. The first-order valence-corrected chi connectivity index (χ1v) is 13.0. The Labute approximate surface area is 231 Å². The summed E-state index contributed by atoms with van der Waals surface area (Å²) in [5.41, 5.74) is 3.03. The van der Waals surface area contributed by atoms with Crippen molar-refractivity contribution in [3.63, 3.8) is 0 Å². The lowest BCUT2D eigenvalue weighted by Gasteiger charge is -2.36. The monoisotopic (exact) mass is 544 g/mol. The summed E-state index contributed by atoms with van der Waals surface area (Å²) < 4.78 is 35.5. The molecule has 0 unspecified atom stereocenters. The van der Waals surface area contributed by atoms with E-state index in [1.54, 1.807) is 25.4 Å². The van der Waals surface area contributed by atoms with Gasteiger partial charge in [-0.2, -0.15) is 0 Å². The van der Waals surface area contributed by atoms with Crippen LogP contribution in [0.15, 0.2) is 73.4 Å². The predicted molar refractivity (Wildman–Crippen MR) is 154 cm³/mol. The van der Waals surface area contributed by atoms with Crippen molar-refractivity contribution in [1.82, 2.24) is 14.9 Å². The van der Waals surface area contributed by atoms with E-state index < -0.39 is 11.6 Å². The summed E-state index contributed by atoms with van der Waals surface area (Å²) in [5.74, 6) is -2.07. The number of hydrogen-bond donors (Lipinski definition) is 2. The molecule has 1 aliphatic rings. The summed E-state index contributed by atoms with van der Waals surface area (Å²) in [6.07, 6.45) is 2.83. The van der Waals surface area contributed by atoms with E-state index in [9.17, 15) is 4.79 Å². The maximum Gasteiger partial charge on any atom is 0.247 e. The Morgan fingerprint density at radius 3 is 2.65 bits per heavy atom. The van der Waals surface area contributed by atoms with Gasteiger partial charge in [-0.1, -0.05) is 36.9 Å². The molecule has 0 spiro atoms. The van der Waals surface area contributed by atoms with Gasteiger partial charge in [0.25, 0.3) is 0 Å². The Balaban J connectivity index is 1.38. The minimum Gasteiger partial charge on any atom is -0.383 e. The number of amides is 1. The molecule has 0 saturated carbocycles. The van der Waals surface area contributed by atoms with Crippen molar-refractivity contribution in [2.45, 2.75) is 0 Å². The van der Waals surface area contributed by atoms with Crippen LogP contribution < -0.4 is 15.5 Å². The first-order chi connectivity index (χ1) is 19.5. The van der Waals surface area contributed by atoms with Gasteiger partial charge in [0.1, 0.15) is 0 Å². The number of fused-ring (bicyclic) bond motifs is 1. The number of rotatable bonds is 9. The average molecular weight is 545 g/mol. The highest BCUT2D eigenvalue weighted by atomic mass is 19.2. The maximum absolute atomic E-state index is 15.2. The highest BCUT2D eigenvalue weighted by Crippen LogP contribution is 2.32. The van der Waals surface area contributed by atoms with Gasteiger partial charge in [-0.15, -0.1) is 0 Å². The van der Waals surface area contributed by atoms with Gasteiger partial charge in [-0.05, 0) is 35.9 Å². The molecule has 40 heavy (non-hydrogen) atoms. The highest BCUT2D eigenvalue weighted by molar-refractivity contribution is 6.00. The van der Waals surface area contributed by atoms with Gasteiger partial charge in [0.05, 0.1) is 23.5 Å². The van der Waals surface area contributed by atoms with Crippen molar-refractivity contribution in [1.29, 1.82) is 0 Å². The van der Waals surface area contributed by atoms with E-state index in [0.717, 1.165) is 36.1 Å². The fourth-order valence-corrected chi connectivity index (χ4v) is 4.74. The molecule has 1 fully saturated rings. The van der Waals surface area contributed by atoms with Crippen LogP contribution in [-0.2, 0) is 9.53 Å². The third-order valence-electron chi connectivity index (χ3n) is 6.87. The van der Waals surface area contributed by atoms with Gasteiger partial charge >= 0.3 is 0 Å². The standard InChI is InChI=1S/C30H30F2N6O2/c1-3-26(39)34-22-8-4-6-20(18-22)23-9-5-7-21-19-33-30(36-29(21)23)35-24-10-11-25(28(32)27(24)31)38-14-12-37(13-15-38)16-17-40-2/h3-11,18-19H,1,12-17H2,2H3,(H,34,39)(H,33,35,36). The van der Waals surface area contributed by atoms with Crippen LogP contribution in [0.3, 0.4) is 0 Å². The number of anilines is 4. The average Bonchev–Trinajstić information content (AvgIpc) is 2.98. The summed E-state index contributed by atoms with van der Waals surface area (Å²) in [7, 11) is 1.66. The fourth-order valence-electron chi connectivity index (χ4n) is 4.74. The van der Waals surface area contributed by atoms with Gasteiger partial charge in [0.2, 0.25) is 11.9 Å². The second kappa shape index (κ2) is 12.2. The number of carbonyl (C=O) groups excluding carboxylic acids is 1. The molecule has 10 heteroatoms. The van der Waals surface area contributed by atoms with Crippen molar-refractivity contribution >= 4 is 39.8 Å². The number of methoxy groups -OCH3 is 1. The van der Waals surface area contributed by atoms with Crippen LogP contribution >= 0.6 is 0 Å². The minimum absolute atomic E-state index is 0.0500. The first-order valence-electron chi connectivity index (χ1n) is 13.0. The molecule has 1 amide bonds. The number of ether oxygens (including phenoxy) is 1. The van der Waals surface area contributed by atoms with E-state index in [0.29, 0.717) is 30.9 Å². The van der Waals surface area contributed by atoms with Crippen molar-refractivity contribution < 1.29 is 18.3 Å². The summed E-state index contributed by atoms with van der Waals surface area (Å²) in [4.78, 5) is 24.8. The third kappa shape index (κ3) is 5.93. The van der Waals surface area contributed by atoms with Gasteiger partial charge in [0.15, 0.2) is 11.6 Å². The molecule has 0 atom stereocenters. The van der Waals surface area contributed by atoms with Gasteiger partial charge in [-0.3, -0.25) is 9.69 Å². The van der Waals surface area contributed by atoms with Crippen LogP contribution in [-0.4, -0.2) is 67.2 Å². The highest BCUT2D eigenvalue weighted by Gasteiger charge is 2.23. The molecule has 0 bridgehead atoms. The predicted octanol–water partition coefficient (Wildman–Crippen LogP) is 5.21. The molecule has 1 aromatic heterocycles. The molecule has 2 heterocycles. The Morgan fingerprint density at radius 2 is 1.88 bits per heavy atom. The first kappa shape index (κ1) is 27.2. The Bertz CT molecular complexity index is 1540. The molecule has 0 radical (unpaired) electrons. The number of benzene rings is 3. The SMILES string of the molecule is C=CC(=O)Nc1cccc(-c2cccc3cnc(Nc4ccc(N5CCN(CCOC)CC5)c(F)c4F)nc23)c1. The number of hydrogen-bond acceptors (Lipinski definition) is 7. The second-order valence-electron chi connectivity index (χ2n) is 9.42. The lowest BCUT2D eigenvalue weighted by molar-refractivity contribution is -0.111. The van der Waals surface area contributed by atoms with Crippen LogP contribution in [0.25, 0.3) is 22.0 Å². The molecule has 2 N–H and O–H groups in total. The molecular weight excluding hydrogens is 514 g/mol. The van der Waals surface area contributed by atoms with Gasteiger partial charge < -0.3 is 20.3 Å². The van der Waals surface area contributed by atoms with Crippen LogP contribution in [0.2, 0.25) is 0 Å². The van der Waals surface area contributed by atoms with E-state index in [2.05, 4.69) is 32.1 Å². The molecule has 3 aromatic carbocycles. The van der Waals surface area contributed by atoms with E-state index in [1.807, 2.05) is 41.3 Å². The number of aromatic nitrogens is 2. The lowest BCUT2D eigenvalue weighted by Crippen LogP contribution is -2.47. The number of piperazine rings is 1. The minimum atomic E-state index is -0.984. The Morgan fingerprint density at radius 1 is 1.07 bits per heavy atom. The van der Waals surface area contributed by atoms with E-state index in [4.69, 9.17) is 4.74 Å². The maximum atomic E-state index is 15.2. The van der Waals surface area contributed by atoms with E-state index in [-0.39, 0.29) is 23.2 Å². The number of nitrogens with zero attached hydrogens (tertiary/aromatic N) is 4. The molecular formula is C30H30F2N6O2. The smallest absolute Gasteiger partial charge is 0.247 e. The quantitative estimate of drug-likeness (QED) is 0.280. The fraction of sp³-hybridized carbons (Fsp3) is 0.233. The van der Waals surface area contributed by atoms with Crippen LogP contribution in [0.4, 0.5) is 31.8 Å². The molecule has 1 saturated heterocycles. The van der Waals surface area contributed by atoms with E-state index >= 15 is 8.78 Å². The van der Waals surface area contributed by atoms with Crippen LogP contribution in [0, 0.1) is 11.6 Å². The summed E-state index contributed by atoms with van der Waals surface area (Å²) >= 11 is 0.